The second-order valence-corrected chi connectivity index (χ2v) is 4.81. The van der Waals surface area contributed by atoms with Gasteiger partial charge in [-0.05, 0) is 25.0 Å². The van der Waals surface area contributed by atoms with Gasteiger partial charge in [-0.2, -0.15) is 0 Å². The summed E-state index contributed by atoms with van der Waals surface area (Å²) in [5, 5.41) is 10.1. The zero-order valence-corrected chi connectivity index (χ0v) is 13.0. The van der Waals surface area contributed by atoms with Gasteiger partial charge in [-0.15, -0.1) is 0 Å². The molecule has 0 fully saturated rings. The number of rotatable bonds is 6. The second kappa shape index (κ2) is 7.49. The van der Waals surface area contributed by atoms with Gasteiger partial charge in [-0.3, -0.25) is 4.79 Å². The maximum Gasteiger partial charge on any atom is 0.383 e. The van der Waals surface area contributed by atoms with Crippen molar-refractivity contribution < 1.29 is 23.8 Å². The Hall–Kier alpha value is -2.76. The van der Waals surface area contributed by atoms with Gasteiger partial charge in [0.2, 0.25) is 5.75 Å². The first-order chi connectivity index (χ1) is 11.0. The molecule has 0 atom stereocenters. The van der Waals surface area contributed by atoms with Crippen LogP contribution in [0.3, 0.4) is 0 Å². The molecule has 2 aromatic rings. The number of phenolic OH excluding ortho intramolecular Hbond substituents is 1. The summed E-state index contributed by atoms with van der Waals surface area (Å²) >= 11 is 0. The Labute approximate surface area is 132 Å². The number of esters is 1. The van der Waals surface area contributed by atoms with Crippen molar-refractivity contribution in [1.82, 2.24) is 0 Å². The summed E-state index contributed by atoms with van der Waals surface area (Å²) in [5.74, 6) is -1.14. The number of phenols is 1. The van der Waals surface area contributed by atoms with E-state index in [9.17, 15) is 14.7 Å². The van der Waals surface area contributed by atoms with Crippen molar-refractivity contribution in [3.05, 3.63) is 40.8 Å². The Kier molecular flexibility index (Phi) is 5.41. The lowest BCUT2D eigenvalue weighted by molar-refractivity contribution is -0.131. The van der Waals surface area contributed by atoms with Gasteiger partial charge in [0, 0.05) is 6.92 Å². The first kappa shape index (κ1) is 16.6. The normalized spacial score (nSPS) is 11.0. The number of aromatic hydroxyl groups is 1. The van der Waals surface area contributed by atoms with E-state index in [2.05, 4.69) is 0 Å². The van der Waals surface area contributed by atoms with E-state index in [0.29, 0.717) is 6.42 Å². The van der Waals surface area contributed by atoms with Gasteiger partial charge in [0.15, 0.2) is 5.75 Å². The van der Waals surface area contributed by atoms with Crippen LogP contribution in [0, 0.1) is 0 Å². The number of fused-ring (bicyclic) bond motifs is 1. The summed E-state index contributed by atoms with van der Waals surface area (Å²) in [6.07, 6.45) is 5.40. The molecule has 122 valence electrons. The molecule has 0 aliphatic rings. The summed E-state index contributed by atoms with van der Waals surface area (Å²) in [6, 6.07) is 4.43. The van der Waals surface area contributed by atoms with E-state index in [4.69, 9.17) is 13.9 Å². The minimum absolute atomic E-state index is 0.115. The van der Waals surface area contributed by atoms with E-state index in [-0.39, 0.29) is 34.8 Å². The van der Waals surface area contributed by atoms with E-state index < -0.39 is 11.6 Å². The van der Waals surface area contributed by atoms with Gasteiger partial charge in [0.25, 0.3) is 0 Å². The average Bonchev–Trinajstić information content (AvgIpc) is 2.48. The lowest BCUT2D eigenvalue weighted by Gasteiger charge is -2.12. The van der Waals surface area contributed by atoms with Crippen molar-refractivity contribution in [3.8, 4) is 17.2 Å². The Bertz CT molecular complexity index is 788. The van der Waals surface area contributed by atoms with Crippen molar-refractivity contribution in [3.63, 3.8) is 0 Å². The molecule has 0 amide bonds. The number of ether oxygens (including phenoxy) is 2. The van der Waals surface area contributed by atoms with Crippen LogP contribution in [0.15, 0.2) is 39.6 Å². The third-order valence-electron chi connectivity index (χ3n) is 3.00. The number of hydrogen-bond acceptors (Lipinski definition) is 6. The molecule has 0 saturated carbocycles. The second-order valence-electron chi connectivity index (χ2n) is 4.81. The number of carbonyl (C=O) groups is 1. The van der Waals surface area contributed by atoms with Crippen molar-refractivity contribution in [2.75, 3.05) is 6.61 Å². The maximum atomic E-state index is 12.1. The third kappa shape index (κ3) is 3.91. The van der Waals surface area contributed by atoms with Crippen molar-refractivity contribution >= 4 is 16.9 Å². The molecule has 1 heterocycles. The Morgan fingerprint density at radius 2 is 2.09 bits per heavy atom. The Morgan fingerprint density at radius 3 is 2.78 bits per heavy atom. The zero-order chi connectivity index (χ0) is 16.8. The molecule has 0 spiro atoms. The van der Waals surface area contributed by atoms with Gasteiger partial charge < -0.3 is 19.0 Å². The lowest BCUT2D eigenvalue weighted by Crippen LogP contribution is -2.13. The largest absolute Gasteiger partial charge is 0.507 e. The Morgan fingerprint density at radius 1 is 1.30 bits per heavy atom. The summed E-state index contributed by atoms with van der Waals surface area (Å²) in [4.78, 5) is 23.4. The summed E-state index contributed by atoms with van der Waals surface area (Å²) in [6.45, 7) is 3.43. The monoisotopic (exact) mass is 318 g/mol. The fourth-order valence-corrected chi connectivity index (χ4v) is 2.06. The van der Waals surface area contributed by atoms with Crippen LogP contribution in [0.2, 0.25) is 0 Å². The summed E-state index contributed by atoms with van der Waals surface area (Å²) in [5.41, 5.74) is -0.650. The highest BCUT2D eigenvalue weighted by Crippen LogP contribution is 2.38. The maximum absolute atomic E-state index is 12.1. The van der Waals surface area contributed by atoms with Crippen molar-refractivity contribution in [1.29, 1.82) is 0 Å². The van der Waals surface area contributed by atoms with E-state index in [1.807, 2.05) is 19.1 Å². The van der Waals surface area contributed by atoms with Crippen LogP contribution in [0.25, 0.3) is 11.0 Å². The highest BCUT2D eigenvalue weighted by molar-refractivity contribution is 5.93. The molecule has 1 aromatic heterocycles. The number of carbonyl (C=O) groups excluding carboxylic acids is 1. The van der Waals surface area contributed by atoms with E-state index in [1.165, 1.54) is 25.1 Å². The first-order valence-electron chi connectivity index (χ1n) is 7.29. The molecule has 2 rings (SSSR count). The molecule has 23 heavy (non-hydrogen) atoms. The van der Waals surface area contributed by atoms with Crippen LogP contribution in [0.1, 0.15) is 26.7 Å². The van der Waals surface area contributed by atoms with E-state index in [1.54, 1.807) is 0 Å². The molecular weight excluding hydrogens is 300 g/mol. The SMILES string of the molecule is CC/C=C/CCOc1c(OC(C)=O)c2c(O)cccc2oc1=O. The topological polar surface area (TPSA) is 86.0 Å². The van der Waals surface area contributed by atoms with Crippen LogP contribution < -0.4 is 15.1 Å². The van der Waals surface area contributed by atoms with Crippen LogP contribution in [0.4, 0.5) is 0 Å². The molecule has 0 aliphatic carbocycles. The number of benzene rings is 1. The van der Waals surface area contributed by atoms with Gasteiger partial charge in [0.1, 0.15) is 16.7 Å². The molecule has 0 aliphatic heterocycles. The van der Waals surface area contributed by atoms with Gasteiger partial charge in [-0.25, -0.2) is 4.79 Å². The fraction of sp³-hybridized carbons (Fsp3) is 0.294. The van der Waals surface area contributed by atoms with Gasteiger partial charge in [-0.1, -0.05) is 25.1 Å². The number of allylic oxidation sites excluding steroid dienone is 1. The van der Waals surface area contributed by atoms with Crippen molar-refractivity contribution in [2.24, 2.45) is 0 Å². The van der Waals surface area contributed by atoms with Gasteiger partial charge >= 0.3 is 11.6 Å². The molecule has 6 heteroatoms. The van der Waals surface area contributed by atoms with Crippen LogP contribution >= 0.6 is 0 Å². The quantitative estimate of drug-likeness (QED) is 0.381. The molecule has 1 N–H and O–H groups in total. The van der Waals surface area contributed by atoms with Crippen LogP contribution in [0.5, 0.6) is 17.2 Å². The summed E-state index contributed by atoms with van der Waals surface area (Å²) in [7, 11) is 0. The molecule has 0 unspecified atom stereocenters. The standard InChI is InChI=1S/C17H18O6/c1-3-4-5-6-10-21-16-15(22-11(2)18)14-12(19)8-7-9-13(14)23-17(16)20/h4-5,7-9,19H,3,6,10H2,1-2H3/b5-4+. The highest BCUT2D eigenvalue weighted by Gasteiger charge is 2.21. The zero-order valence-electron chi connectivity index (χ0n) is 13.0. The van der Waals surface area contributed by atoms with Crippen molar-refractivity contribution in [2.45, 2.75) is 26.7 Å². The molecule has 0 radical (unpaired) electrons. The third-order valence-corrected chi connectivity index (χ3v) is 3.00. The molecule has 0 saturated heterocycles. The molecule has 1 aromatic carbocycles. The average molecular weight is 318 g/mol. The lowest BCUT2D eigenvalue weighted by atomic mass is 10.2. The predicted octanol–water partition coefficient (Wildman–Crippen LogP) is 3.16. The molecular formula is C17H18O6. The minimum atomic E-state index is -0.765. The van der Waals surface area contributed by atoms with E-state index in [0.717, 1.165) is 6.42 Å². The number of hydrogen-bond donors (Lipinski definition) is 1. The van der Waals surface area contributed by atoms with Crippen LogP contribution in [-0.2, 0) is 4.79 Å². The smallest absolute Gasteiger partial charge is 0.383 e. The highest BCUT2D eigenvalue weighted by atomic mass is 16.6. The first-order valence-corrected chi connectivity index (χ1v) is 7.29. The Balaban J connectivity index is 2.47. The fourth-order valence-electron chi connectivity index (χ4n) is 2.06. The van der Waals surface area contributed by atoms with Gasteiger partial charge in [0.05, 0.1) is 6.61 Å². The minimum Gasteiger partial charge on any atom is -0.507 e. The molecule has 6 nitrogen and oxygen atoms in total. The summed E-state index contributed by atoms with van der Waals surface area (Å²) < 4.78 is 15.7. The van der Waals surface area contributed by atoms with Crippen LogP contribution in [-0.4, -0.2) is 17.7 Å². The molecule has 0 bridgehead atoms. The van der Waals surface area contributed by atoms with E-state index >= 15 is 0 Å². The predicted molar refractivity (Wildman–Crippen MR) is 85.0 cm³/mol.